The molecule has 0 aliphatic rings. The van der Waals surface area contributed by atoms with Crippen LogP contribution in [0.3, 0.4) is 0 Å². The van der Waals surface area contributed by atoms with Crippen LogP contribution in [0.25, 0.3) is 0 Å². The maximum Gasteiger partial charge on any atom is 0.149 e. The molecule has 0 aliphatic carbocycles. The molecule has 0 radical (unpaired) electrons. The molecular weight excluding hydrogens is 180 g/mol. The van der Waals surface area contributed by atoms with Crippen molar-refractivity contribution in [2.75, 3.05) is 0 Å². The average Bonchev–Trinajstić information content (AvgIpc) is 2.75. The van der Waals surface area contributed by atoms with Crippen LogP contribution in [-0.2, 0) is 13.5 Å². The predicted octanol–water partition coefficient (Wildman–Crippen LogP) is -0.219. The molecule has 0 bridgehead atoms. The second-order valence-electron chi connectivity index (χ2n) is 3.19. The summed E-state index contributed by atoms with van der Waals surface area (Å²) in [6, 6.07) is -0.150. The van der Waals surface area contributed by atoms with Crippen LogP contribution in [0.2, 0.25) is 0 Å². The zero-order chi connectivity index (χ0) is 9.97. The zero-order valence-corrected chi connectivity index (χ0v) is 7.88. The van der Waals surface area contributed by atoms with Crippen LogP contribution in [-0.4, -0.2) is 24.7 Å². The Morgan fingerprint density at radius 1 is 1.64 bits per heavy atom. The number of nitrogens with two attached hydrogens (primary N) is 1. The summed E-state index contributed by atoms with van der Waals surface area (Å²) >= 11 is 0. The van der Waals surface area contributed by atoms with Crippen molar-refractivity contribution in [3.05, 3.63) is 30.4 Å². The quantitative estimate of drug-likeness (QED) is 0.704. The fourth-order valence-corrected chi connectivity index (χ4v) is 1.35. The summed E-state index contributed by atoms with van der Waals surface area (Å²) < 4.78 is 1.82. The van der Waals surface area contributed by atoms with Crippen LogP contribution >= 0.6 is 0 Å². The molecule has 0 amide bonds. The normalized spacial score (nSPS) is 13.0. The van der Waals surface area contributed by atoms with Crippen molar-refractivity contribution < 1.29 is 0 Å². The number of aryl methyl sites for hydroxylation is 1. The molecule has 0 fully saturated rings. The molecule has 2 aromatic heterocycles. The number of aromatic nitrogens is 5. The second kappa shape index (κ2) is 3.59. The Bertz CT molecular complexity index is 390. The highest BCUT2D eigenvalue weighted by molar-refractivity contribution is 5.03. The Morgan fingerprint density at radius 2 is 2.50 bits per heavy atom. The summed E-state index contributed by atoms with van der Waals surface area (Å²) in [6.07, 6.45) is 5.73. The van der Waals surface area contributed by atoms with Crippen LogP contribution in [0.4, 0.5) is 0 Å². The van der Waals surface area contributed by atoms with E-state index in [-0.39, 0.29) is 6.04 Å². The van der Waals surface area contributed by atoms with Crippen LogP contribution in [0.5, 0.6) is 0 Å². The maximum atomic E-state index is 5.96. The highest BCUT2D eigenvalue weighted by atomic mass is 15.3. The number of rotatable bonds is 3. The van der Waals surface area contributed by atoms with Gasteiger partial charge in [-0.2, -0.15) is 0 Å². The largest absolute Gasteiger partial charge is 0.348 e. The minimum Gasteiger partial charge on any atom is -0.348 e. The Balaban J connectivity index is 2.10. The van der Waals surface area contributed by atoms with Crippen LogP contribution in [0.15, 0.2) is 18.9 Å². The van der Waals surface area contributed by atoms with Crippen molar-refractivity contribution >= 4 is 0 Å². The minimum atomic E-state index is -0.150. The summed E-state index contributed by atoms with van der Waals surface area (Å²) in [7, 11) is 1.88. The highest BCUT2D eigenvalue weighted by Gasteiger charge is 2.12. The van der Waals surface area contributed by atoms with Gasteiger partial charge in [0, 0.05) is 25.4 Å². The van der Waals surface area contributed by atoms with E-state index in [0.717, 1.165) is 11.5 Å². The first-order valence-corrected chi connectivity index (χ1v) is 4.34. The molecule has 6 heteroatoms. The molecule has 0 unspecified atom stereocenters. The monoisotopic (exact) mass is 192 g/mol. The van der Waals surface area contributed by atoms with E-state index in [0.29, 0.717) is 6.42 Å². The van der Waals surface area contributed by atoms with E-state index in [4.69, 9.17) is 5.73 Å². The standard InChI is InChI=1S/C8H12N6/c1-14-5-12-13-8(14)7(9)2-6-3-10-4-11-6/h3-5,7H,2,9H2,1H3,(H,10,11)/t7-/m0/s1. The first-order valence-electron chi connectivity index (χ1n) is 4.34. The summed E-state index contributed by atoms with van der Waals surface area (Å²) in [5.74, 6) is 0.777. The molecule has 0 aliphatic heterocycles. The van der Waals surface area contributed by atoms with Gasteiger partial charge in [-0.25, -0.2) is 4.98 Å². The summed E-state index contributed by atoms with van der Waals surface area (Å²) in [6.45, 7) is 0. The van der Waals surface area contributed by atoms with Gasteiger partial charge in [-0.1, -0.05) is 0 Å². The number of nitrogens with one attached hydrogen (secondary N) is 1. The van der Waals surface area contributed by atoms with Crippen molar-refractivity contribution in [3.63, 3.8) is 0 Å². The molecule has 2 rings (SSSR count). The molecule has 3 N–H and O–H groups in total. The minimum absolute atomic E-state index is 0.150. The van der Waals surface area contributed by atoms with Gasteiger partial charge in [0.05, 0.1) is 12.4 Å². The van der Waals surface area contributed by atoms with E-state index in [1.165, 1.54) is 0 Å². The topological polar surface area (TPSA) is 85.4 Å². The number of aromatic amines is 1. The molecule has 2 heterocycles. The molecule has 1 atom stereocenters. The summed E-state index contributed by atoms with van der Waals surface area (Å²) in [5.41, 5.74) is 6.96. The first-order chi connectivity index (χ1) is 6.77. The summed E-state index contributed by atoms with van der Waals surface area (Å²) in [4.78, 5) is 6.93. The fourth-order valence-electron chi connectivity index (χ4n) is 1.35. The van der Waals surface area contributed by atoms with Gasteiger partial charge in [0.2, 0.25) is 0 Å². The lowest BCUT2D eigenvalue weighted by atomic mass is 10.1. The van der Waals surface area contributed by atoms with Gasteiger partial charge in [-0.3, -0.25) is 0 Å². The lowest BCUT2D eigenvalue weighted by molar-refractivity contribution is 0.623. The molecule has 2 aromatic rings. The number of imidazole rings is 1. The number of hydrogen-bond acceptors (Lipinski definition) is 4. The van der Waals surface area contributed by atoms with Gasteiger partial charge in [-0.15, -0.1) is 10.2 Å². The molecule has 0 spiro atoms. The third-order valence-corrected chi connectivity index (χ3v) is 2.07. The molecule has 6 nitrogen and oxygen atoms in total. The van der Waals surface area contributed by atoms with Crippen LogP contribution in [0.1, 0.15) is 17.6 Å². The van der Waals surface area contributed by atoms with Crippen molar-refractivity contribution in [1.29, 1.82) is 0 Å². The van der Waals surface area contributed by atoms with Crippen LogP contribution in [0, 0.1) is 0 Å². The van der Waals surface area contributed by atoms with Gasteiger partial charge in [-0.05, 0) is 0 Å². The number of H-pyrrole nitrogens is 1. The molecule has 0 saturated carbocycles. The lowest BCUT2D eigenvalue weighted by Gasteiger charge is -2.08. The molecule has 0 saturated heterocycles. The van der Waals surface area contributed by atoms with E-state index in [2.05, 4.69) is 20.2 Å². The smallest absolute Gasteiger partial charge is 0.149 e. The molecule has 14 heavy (non-hydrogen) atoms. The van der Waals surface area contributed by atoms with Crippen molar-refractivity contribution in [2.45, 2.75) is 12.5 Å². The lowest BCUT2D eigenvalue weighted by Crippen LogP contribution is -2.17. The van der Waals surface area contributed by atoms with Gasteiger partial charge in [0.25, 0.3) is 0 Å². The first kappa shape index (κ1) is 8.89. The van der Waals surface area contributed by atoms with E-state index in [1.807, 2.05) is 11.6 Å². The molecule has 74 valence electrons. The third-order valence-electron chi connectivity index (χ3n) is 2.07. The predicted molar refractivity (Wildman–Crippen MR) is 50.2 cm³/mol. The SMILES string of the molecule is Cn1cnnc1[C@@H](N)Cc1cnc[nH]1. The second-order valence-corrected chi connectivity index (χ2v) is 3.19. The average molecular weight is 192 g/mol. The number of nitrogens with zero attached hydrogens (tertiary/aromatic N) is 4. The van der Waals surface area contributed by atoms with E-state index >= 15 is 0 Å². The Kier molecular flexibility index (Phi) is 2.28. The maximum absolute atomic E-state index is 5.96. The number of hydrogen-bond donors (Lipinski definition) is 2. The van der Waals surface area contributed by atoms with Gasteiger partial charge in [0.1, 0.15) is 12.2 Å². The van der Waals surface area contributed by atoms with Crippen molar-refractivity contribution in [3.8, 4) is 0 Å². The third kappa shape index (κ3) is 1.64. The van der Waals surface area contributed by atoms with Crippen molar-refractivity contribution in [1.82, 2.24) is 24.7 Å². The van der Waals surface area contributed by atoms with E-state index in [9.17, 15) is 0 Å². The summed E-state index contributed by atoms with van der Waals surface area (Å²) in [5, 5.41) is 7.73. The highest BCUT2D eigenvalue weighted by Crippen LogP contribution is 2.10. The van der Waals surface area contributed by atoms with E-state index in [1.54, 1.807) is 18.9 Å². The molecule has 0 aromatic carbocycles. The molecular formula is C8H12N6. The van der Waals surface area contributed by atoms with Gasteiger partial charge in [0.15, 0.2) is 0 Å². The zero-order valence-electron chi connectivity index (χ0n) is 7.88. The Morgan fingerprint density at radius 3 is 3.07 bits per heavy atom. The van der Waals surface area contributed by atoms with Gasteiger partial charge >= 0.3 is 0 Å². The Hall–Kier alpha value is -1.69. The van der Waals surface area contributed by atoms with Gasteiger partial charge < -0.3 is 15.3 Å². The fraction of sp³-hybridized carbons (Fsp3) is 0.375. The van der Waals surface area contributed by atoms with Crippen LogP contribution < -0.4 is 5.73 Å². The Labute approximate surface area is 81.2 Å². The van der Waals surface area contributed by atoms with E-state index < -0.39 is 0 Å². The van der Waals surface area contributed by atoms with Crippen molar-refractivity contribution in [2.24, 2.45) is 12.8 Å².